The molecule has 0 radical (unpaired) electrons. The number of hydrogen-bond acceptors (Lipinski definition) is 9. The summed E-state index contributed by atoms with van der Waals surface area (Å²) >= 11 is 0. The third-order valence-electron chi connectivity index (χ3n) is 9.64. The molecule has 0 rings (SSSR count). The molecular weight excluding hydrogens is 745 g/mol. The molecule has 0 heterocycles. The molecule has 0 aliphatic rings. The summed E-state index contributed by atoms with van der Waals surface area (Å²) < 4.78 is 32.7. The van der Waals surface area contributed by atoms with Crippen molar-refractivity contribution in [3.8, 4) is 0 Å². The van der Waals surface area contributed by atoms with Crippen LogP contribution in [-0.4, -0.2) is 59.9 Å². The van der Waals surface area contributed by atoms with Crippen molar-refractivity contribution in [3.63, 3.8) is 0 Å². The highest BCUT2D eigenvalue weighted by Gasteiger charge is 2.28. The third-order valence-corrected chi connectivity index (χ3v) is 10.6. The maximum absolute atomic E-state index is 12.6. The smallest absolute Gasteiger partial charge is 0.472 e. The van der Waals surface area contributed by atoms with Crippen LogP contribution >= 0.6 is 7.82 Å². The van der Waals surface area contributed by atoms with Gasteiger partial charge in [0.05, 0.1) is 13.2 Å². The summed E-state index contributed by atoms with van der Waals surface area (Å²) in [7, 11) is -4.72. The number of allylic oxidation sites excluding steroid dienone is 6. The molecule has 0 spiro atoms. The minimum Gasteiger partial charge on any atom is -0.480 e. The molecule has 332 valence electrons. The highest BCUT2D eigenvalue weighted by atomic mass is 31.2. The molecule has 0 fully saturated rings. The van der Waals surface area contributed by atoms with Crippen molar-refractivity contribution >= 4 is 25.7 Å². The van der Waals surface area contributed by atoms with Crippen molar-refractivity contribution in [1.29, 1.82) is 0 Å². The van der Waals surface area contributed by atoms with E-state index in [2.05, 4.69) is 54.8 Å². The van der Waals surface area contributed by atoms with Crippen molar-refractivity contribution in [2.45, 2.75) is 212 Å². The molecular formula is C45H82NO10P. The molecule has 0 aliphatic carbocycles. The number of carbonyl (C=O) groups excluding carboxylic acids is 2. The van der Waals surface area contributed by atoms with E-state index in [4.69, 9.17) is 24.8 Å². The van der Waals surface area contributed by atoms with Gasteiger partial charge in [0.1, 0.15) is 12.6 Å². The number of carboxylic acid groups (broad SMARTS) is 1. The number of carbonyl (C=O) groups is 3. The van der Waals surface area contributed by atoms with E-state index in [0.29, 0.717) is 12.8 Å². The predicted octanol–water partition coefficient (Wildman–Crippen LogP) is 12.0. The number of unbranched alkanes of at least 4 members (excludes halogenated alkanes) is 22. The molecule has 0 amide bonds. The number of esters is 2. The summed E-state index contributed by atoms with van der Waals surface area (Å²) in [5.41, 5.74) is 5.33. The average molecular weight is 828 g/mol. The number of ether oxygens (including phenoxy) is 2. The Morgan fingerprint density at radius 2 is 0.930 bits per heavy atom. The molecule has 1 unspecified atom stereocenters. The Kier molecular flexibility index (Phi) is 38.8. The summed E-state index contributed by atoms with van der Waals surface area (Å²) in [6, 6.07) is -1.53. The average Bonchev–Trinajstić information content (AvgIpc) is 3.19. The van der Waals surface area contributed by atoms with Gasteiger partial charge in [0.15, 0.2) is 6.10 Å². The summed E-state index contributed by atoms with van der Waals surface area (Å²) in [6.07, 6.45) is 43.5. The number of aliphatic carboxylic acids is 1. The first kappa shape index (κ1) is 54.7. The normalized spacial score (nSPS) is 14.0. The molecule has 0 bridgehead atoms. The highest BCUT2D eigenvalue weighted by molar-refractivity contribution is 7.47. The maximum atomic E-state index is 12.6. The lowest BCUT2D eigenvalue weighted by Gasteiger charge is -2.20. The van der Waals surface area contributed by atoms with Crippen LogP contribution in [-0.2, 0) is 37.5 Å². The zero-order valence-corrected chi connectivity index (χ0v) is 36.8. The number of rotatable bonds is 42. The van der Waals surface area contributed by atoms with Crippen LogP contribution < -0.4 is 5.73 Å². The fourth-order valence-corrected chi connectivity index (χ4v) is 6.85. The van der Waals surface area contributed by atoms with Gasteiger partial charge in [0.2, 0.25) is 0 Å². The Labute approximate surface area is 346 Å². The lowest BCUT2D eigenvalue weighted by atomic mass is 10.0. The predicted molar refractivity (Wildman–Crippen MR) is 231 cm³/mol. The van der Waals surface area contributed by atoms with Crippen molar-refractivity contribution in [1.82, 2.24) is 0 Å². The Hall–Kier alpha value is -2.30. The van der Waals surface area contributed by atoms with E-state index in [1.807, 2.05) is 0 Å². The lowest BCUT2D eigenvalue weighted by molar-refractivity contribution is -0.161. The molecule has 0 saturated heterocycles. The Balaban J connectivity index is 4.36. The van der Waals surface area contributed by atoms with E-state index >= 15 is 0 Å². The van der Waals surface area contributed by atoms with E-state index in [9.17, 15) is 23.8 Å². The van der Waals surface area contributed by atoms with E-state index in [-0.39, 0.29) is 19.4 Å². The van der Waals surface area contributed by atoms with Gasteiger partial charge in [0.25, 0.3) is 0 Å². The summed E-state index contributed by atoms with van der Waals surface area (Å²) in [6.45, 7) is 2.75. The largest absolute Gasteiger partial charge is 0.480 e. The maximum Gasteiger partial charge on any atom is 0.472 e. The van der Waals surface area contributed by atoms with Gasteiger partial charge in [-0.2, -0.15) is 0 Å². The van der Waals surface area contributed by atoms with E-state index in [1.54, 1.807) is 0 Å². The molecule has 57 heavy (non-hydrogen) atoms. The SMILES string of the molecule is CCCCC/C=C/C/C=C/C/C=C/CCCCC(=O)O[C@H](COC(=O)CCCCCCCCCCCCCCCCCCCC)COP(=O)(O)OC[C@H](N)C(=O)O. The number of phosphoric ester groups is 1. The van der Waals surface area contributed by atoms with Crippen LogP contribution in [0.25, 0.3) is 0 Å². The van der Waals surface area contributed by atoms with Crippen molar-refractivity contribution in [2.24, 2.45) is 5.73 Å². The first-order valence-corrected chi connectivity index (χ1v) is 24.0. The second kappa shape index (κ2) is 40.5. The van der Waals surface area contributed by atoms with Crippen molar-refractivity contribution in [3.05, 3.63) is 36.5 Å². The Bertz CT molecular complexity index is 1110. The fourth-order valence-electron chi connectivity index (χ4n) is 6.07. The zero-order chi connectivity index (χ0) is 42.1. The molecule has 0 aliphatic heterocycles. The van der Waals surface area contributed by atoms with Crippen molar-refractivity contribution in [2.75, 3.05) is 19.8 Å². The van der Waals surface area contributed by atoms with Crippen LogP contribution in [0, 0.1) is 0 Å². The standard InChI is InChI=1S/C45H82NO10P/c1-3-5-7-9-11-13-15-17-19-20-21-23-24-26-28-30-32-34-36-43(47)53-38-41(39-54-57(51,52)55-40-42(46)45(49)50)56-44(48)37-35-33-31-29-27-25-22-18-16-14-12-10-8-6-4-2/h12,14,18,22,27,29,41-42H,3-11,13,15-17,19-21,23-26,28,30-40,46H2,1-2H3,(H,49,50)(H,51,52)/b14-12+,22-18+,29-27+/t41-,42+/m1/s1. The third kappa shape index (κ3) is 40.3. The van der Waals surface area contributed by atoms with Gasteiger partial charge >= 0.3 is 25.7 Å². The molecule has 4 N–H and O–H groups in total. The van der Waals surface area contributed by atoms with Gasteiger partial charge in [-0.15, -0.1) is 0 Å². The van der Waals surface area contributed by atoms with Gasteiger partial charge in [-0.05, 0) is 51.4 Å². The van der Waals surface area contributed by atoms with Gasteiger partial charge in [-0.1, -0.05) is 172 Å². The Morgan fingerprint density at radius 3 is 1.42 bits per heavy atom. The van der Waals surface area contributed by atoms with E-state index < -0.39 is 51.1 Å². The first-order valence-electron chi connectivity index (χ1n) is 22.5. The summed E-state index contributed by atoms with van der Waals surface area (Å²) in [5, 5.41) is 8.89. The van der Waals surface area contributed by atoms with Crippen LogP contribution in [0.5, 0.6) is 0 Å². The fraction of sp³-hybridized carbons (Fsp3) is 0.800. The van der Waals surface area contributed by atoms with Gasteiger partial charge < -0.3 is 25.2 Å². The number of phosphoric acid groups is 1. The van der Waals surface area contributed by atoms with Crippen LogP contribution in [0.3, 0.4) is 0 Å². The van der Waals surface area contributed by atoms with Gasteiger partial charge in [-0.25, -0.2) is 4.57 Å². The first-order chi connectivity index (χ1) is 27.6. The van der Waals surface area contributed by atoms with Crippen LogP contribution in [0.4, 0.5) is 0 Å². The number of nitrogens with two attached hydrogens (primary N) is 1. The molecule has 11 nitrogen and oxygen atoms in total. The van der Waals surface area contributed by atoms with E-state index in [1.165, 1.54) is 109 Å². The lowest BCUT2D eigenvalue weighted by Crippen LogP contribution is -2.34. The monoisotopic (exact) mass is 828 g/mol. The quantitative estimate of drug-likeness (QED) is 0.0231. The number of carboxylic acids is 1. The molecule has 0 aromatic rings. The minimum absolute atomic E-state index is 0.114. The second-order valence-electron chi connectivity index (χ2n) is 15.2. The van der Waals surface area contributed by atoms with Crippen LogP contribution in [0.2, 0.25) is 0 Å². The minimum atomic E-state index is -4.72. The Morgan fingerprint density at radius 1 is 0.544 bits per heavy atom. The molecule has 12 heteroatoms. The number of hydrogen-bond donors (Lipinski definition) is 3. The van der Waals surface area contributed by atoms with Crippen LogP contribution in [0.15, 0.2) is 36.5 Å². The summed E-state index contributed by atoms with van der Waals surface area (Å²) in [4.78, 5) is 46.0. The molecule has 3 atom stereocenters. The van der Waals surface area contributed by atoms with E-state index in [0.717, 1.165) is 51.4 Å². The summed E-state index contributed by atoms with van der Waals surface area (Å²) in [5.74, 6) is -2.42. The van der Waals surface area contributed by atoms with Gasteiger partial charge in [-0.3, -0.25) is 23.4 Å². The molecule has 0 saturated carbocycles. The highest BCUT2D eigenvalue weighted by Crippen LogP contribution is 2.43. The van der Waals surface area contributed by atoms with Crippen LogP contribution in [0.1, 0.15) is 200 Å². The van der Waals surface area contributed by atoms with Gasteiger partial charge in [0, 0.05) is 12.8 Å². The topological polar surface area (TPSA) is 172 Å². The molecule has 0 aromatic heterocycles. The molecule has 0 aromatic carbocycles. The van der Waals surface area contributed by atoms with Crippen molar-refractivity contribution < 1.29 is 47.5 Å². The second-order valence-corrected chi connectivity index (χ2v) is 16.6. The zero-order valence-electron chi connectivity index (χ0n) is 35.9.